The fourth-order valence-corrected chi connectivity index (χ4v) is 8.62. The van der Waals surface area contributed by atoms with Crippen molar-refractivity contribution in [2.24, 2.45) is 0 Å². The van der Waals surface area contributed by atoms with Gasteiger partial charge in [-0.15, -0.1) is 0 Å². The first kappa shape index (κ1) is 35.1. The molecule has 0 aliphatic rings. The molecule has 9 aromatic carbocycles. The Hall–Kier alpha value is -8.08. The number of para-hydroxylation sites is 4. The Morgan fingerprint density at radius 1 is 0.317 bits per heavy atom. The van der Waals surface area contributed by atoms with Crippen LogP contribution in [-0.4, -0.2) is 14.5 Å². The molecule has 0 bridgehead atoms. The summed E-state index contributed by atoms with van der Waals surface area (Å²) in [6.45, 7) is 0. The van der Waals surface area contributed by atoms with E-state index in [1.165, 1.54) is 27.4 Å². The van der Waals surface area contributed by atoms with E-state index in [1.54, 1.807) is 0 Å². The molecule has 0 radical (unpaired) electrons. The number of fused-ring (bicyclic) bond motifs is 4. The third kappa shape index (κ3) is 6.19. The quantitative estimate of drug-likeness (QED) is 0.154. The van der Waals surface area contributed by atoms with Gasteiger partial charge in [0.1, 0.15) is 0 Å². The zero-order valence-corrected chi connectivity index (χ0v) is 32.7. The van der Waals surface area contributed by atoms with Crippen molar-refractivity contribution in [3.63, 3.8) is 0 Å². The minimum Gasteiger partial charge on any atom is -0.311 e. The van der Waals surface area contributed by atoms with E-state index in [9.17, 15) is 0 Å². The zero-order chi connectivity index (χ0) is 39.8. The molecule has 0 atom stereocenters. The van der Waals surface area contributed by atoms with Gasteiger partial charge in [0.05, 0.1) is 33.5 Å². The molecule has 0 aliphatic carbocycles. The van der Waals surface area contributed by atoms with Crippen LogP contribution in [0.5, 0.6) is 0 Å². The summed E-state index contributed by atoms with van der Waals surface area (Å²) in [6, 6.07) is 81.3. The fourth-order valence-electron chi connectivity index (χ4n) is 8.62. The van der Waals surface area contributed by atoms with Gasteiger partial charge >= 0.3 is 0 Å². The summed E-state index contributed by atoms with van der Waals surface area (Å²) in [6.07, 6.45) is 0. The summed E-state index contributed by atoms with van der Waals surface area (Å²) in [5, 5.41) is 2.51. The molecule has 0 saturated carbocycles. The molecule has 0 amide bonds. The number of aromatic nitrogens is 3. The van der Waals surface area contributed by atoms with Crippen molar-refractivity contribution >= 4 is 49.9 Å². The standard InChI is InChI=1S/C56H38N4/c1-4-17-39(18-5-1)46-23-10-11-24-47(46)50-27-16-28-51-56(50)58-55(40-19-6-2-7-20-40)54(57-51)41-31-33-43(34-32-41)59(42-21-8-3-9-22-42)44-35-37-45(38-36-44)60-52-29-14-12-25-48(52)49-26-13-15-30-53(49)60/h1-38H. The predicted octanol–water partition coefficient (Wildman–Crippen LogP) is 14.9. The van der Waals surface area contributed by atoms with Crippen molar-refractivity contribution in [3.05, 3.63) is 231 Å². The van der Waals surface area contributed by atoms with Crippen molar-refractivity contribution < 1.29 is 0 Å². The molecular weight excluding hydrogens is 729 g/mol. The molecule has 0 spiro atoms. The molecule has 2 heterocycles. The van der Waals surface area contributed by atoms with Gasteiger partial charge in [-0.3, -0.25) is 0 Å². The number of benzene rings is 9. The number of nitrogens with zero attached hydrogens (tertiary/aromatic N) is 4. The van der Waals surface area contributed by atoms with Gasteiger partial charge in [-0.2, -0.15) is 0 Å². The van der Waals surface area contributed by atoms with Gasteiger partial charge in [0, 0.05) is 50.2 Å². The highest BCUT2D eigenvalue weighted by Crippen LogP contribution is 2.41. The average Bonchev–Trinajstić information content (AvgIpc) is 3.67. The Morgan fingerprint density at radius 2 is 0.783 bits per heavy atom. The minimum atomic E-state index is 0.843. The molecule has 11 rings (SSSR count). The maximum absolute atomic E-state index is 5.48. The van der Waals surface area contributed by atoms with Gasteiger partial charge in [0.2, 0.25) is 0 Å². The predicted molar refractivity (Wildman–Crippen MR) is 250 cm³/mol. The third-order valence-electron chi connectivity index (χ3n) is 11.4. The van der Waals surface area contributed by atoms with Crippen LogP contribution < -0.4 is 4.90 Å². The molecule has 0 N–H and O–H groups in total. The third-order valence-corrected chi connectivity index (χ3v) is 11.4. The molecule has 4 nitrogen and oxygen atoms in total. The number of rotatable bonds is 8. The summed E-state index contributed by atoms with van der Waals surface area (Å²) < 4.78 is 2.36. The van der Waals surface area contributed by atoms with Crippen LogP contribution in [0.25, 0.3) is 83.3 Å². The summed E-state index contributed by atoms with van der Waals surface area (Å²) >= 11 is 0. The lowest BCUT2D eigenvalue weighted by molar-refractivity contribution is 1.17. The van der Waals surface area contributed by atoms with E-state index in [4.69, 9.17) is 9.97 Å². The number of hydrogen-bond donors (Lipinski definition) is 0. The molecule has 4 heteroatoms. The Balaban J connectivity index is 1.01. The van der Waals surface area contributed by atoms with Gasteiger partial charge in [-0.25, -0.2) is 9.97 Å². The van der Waals surface area contributed by atoms with Gasteiger partial charge in [0.15, 0.2) is 0 Å². The van der Waals surface area contributed by atoms with Crippen molar-refractivity contribution in [1.82, 2.24) is 14.5 Å². The van der Waals surface area contributed by atoms with Gasteiger partial charge in [0.25, 0.3) is 0 Å². The fraction of sp³-hybridized carbons (Fsp3) is 0. The topological polar surface area (TPSA) is 34.0 Å². The highest BCUT2D eigenvalue weighted by atomic mass is 15.1. The maximum atomic E-state index is 5.48. The van der Waals surface area contributed by atoms with Crippen LogP contribution in [0.3, 0.4) is 0 Å². The van der Waals surface area contributed by atoms with E-state index in [2.05, 4.69) is 234 Å². The molecule has 0 saturated heterocycles. The molecule has 60 heavy (non-hydrogen) atoms. The Bertz CT molecular complexity index is 3230. The van der Waals surface area contributed by atoms with Crippen LogP contribution >= 0.6 is 0 Å². The highest BCUT2D eigenvalue weighted by Gasteiger charge is 2.19. The first-order valence-electron chi connectivity index (χ1n) is 20.3. The smallest absolute Gasteiger partial charge is 0.0973 e. The largest absolute Gasteiger partial charge is 0.311 e. The Kier molecular flexibility index (Phi) is 8.79. The van der Waals surface area contributed by atoms with Crippen molar-refractivity contribution in [1.29, 1.82) is 0 Å². The monoisotopic (exact) mass is 766 g/mol. The van der Waals surface area contributed by atoms with E-state index < -0.39 is 0 Å². The molecule has 11 aromatic rings. The number of hydrogen-bond acceptors (Lipinski definition) is 3. The second-order valence-electron chi connectivity index (χ2n) is 15.0. The highest BCUT2D eigenvalue weighted by molar-refractivity contribution is 6.09. The normalized spacial score (nSPS) is 11.3. The molecule has 282 valence electrons. The maximum Gasteiger partial charge on any atom is 0.0973 e. The molecule has 2 aromatic heterocycles. The van der Waals surface area contributed by atoms with Gasteiger partial charge < -0.3 is 9.47 Å². The first-order chi connectivity index (χ1) is 29.8. The SMILES string of the molecule is c1ccc(-c2ccccc2-c2cccc3nc(-c4ccc(N(c5ccccc5)c5ccc(-n6c7ccccc7c7ccccc76)cc5)cc4)c(-c4ccccc4)nc23)cc1. The lowest BCUT2D eigenvalue weighted by atomic mass is 9.93. The lowest BCUT2D eigenvalue weighted by Gasteiger charge is -2.26. The van der Waals surface area contributed by atoms with E-state index >= 15 is 0 Å². The second-order valence-corrected chi connectivity index (χ2v) is 15.0. The minimum absolute atomic E-state index is 0.843. The average molecular weight is 767 g/mol. The Labute approximate surface area is 348 Å². The van der Waals surface area contributed by atoms with Crippen molar-refractivity contribution in [3.8, 4) is 50.5 Å². The summed E-state index contributed by atoms with van der Waals surface area (Å²) in [5.74, 6) is 0. The first-order valence-corrected chi connectivity index (χ1v) is 20.3. The Morgan fingerprint density at radius 3 is 1.43 bits per heavy atom. The van der Waals surface area contributed by atoms with Crippen LogP contribution in [0.4, 0.5) is 17.1 Å². The van der Waals surface area contributed by atoms with Crippen LogP contribution in [0, 0.1) is 0 Å². The van der Waals surface area contributed by atoms with Crippen LogP contribution in [-0.2, 0) is 0 Å². The van der Waals surface area contributed by atoms with Crippen LogP contribution in [0.2, 0.25) is 0 Å². The van der Waals surface area contributed by atoms with Gasteiger partial charge in [-0.05, 0) is 83.4 Å². The molecular formula is C56H38N4. The van der Waals surface area contributed by atoms with Gasteiger partial charge in [-0.1, -0.05) is 164 Å². The summed E-state index contributed by atoms with van der Waals surface area (Å²) in [5.41, 5.74) is 16.7. The second kappa shape index (κ2) is 15.0. The van der Waals surface area contributed by atoms with E-state index in [1.807, 2.05) is 6.07 Å². The summed E-state index contributed by atoms with van der Waals surface area (Å²) in [4.78, 5) is 13.2. The molecule has 0 fully saturated rings. The van der Waals surface area contributed by atoms with Crippen LogP contribution in [0.1, 0.15) is 0 Å². The number of anilines is 3. The van der Waals surface area contributed by atoms with E-state index in [0.29, 0.717) is 0 Å². The van der Waals surface area contributed by atoms with Crippen molar-refractivity contribution in [2.45, 2.75) is 0 Å². The van der Waals surface area contributed by atoms with E-state index in [-0.39, 0.29) is 0 Å². The molecule has 0 aliphatic heterocycles. The van der Waals surface area contributed by atoms with E-state index in [0.717, 1.165) is 73.0 Å². The van der Waals surface area contributed by atoms with Crippen molar-refractivity contribution in [2.75, 3.05) is 4.90 Å². The van der Waals surface area contributed by atoms with Crippen LogP contribution in [0.15, 0.2) is 231 Å². The molecule has 0 unspecified atom stereocenters. The zero-order valence-electron chi connectivity index (χ0n) is 32.7. The lowest BCUT2D eigenvalue weighted by Crippen LogP contribution is -2.10. The summed E-state index contributed by atoms with van der Waals surface area (Å²) in [7, 11) is 0.